The molecule has 3 rings (SSSR count). The summed E-state index contributed by atoms with van der Waals surface area (Å²) >= 11 is 1.58. The molecule has 6 nitrogen and oxygen atoms in total. The highest BCUT2D eigenvalue weighted by molar-refractivity contribution is 7.99. The smallest absolute Gasteiger partial charge is 0.243 e. The van der Waals surface area contributed by atoms with E-state index < -0.39 is 10.0 Å². The lowest BCUT2D eigenvalue weighted by molar-refractivity contribution is -0.118. The Morgan fingerprint density at radius 1 is 1.10 bits per heavy atom. The van der Waals surface area contributed by atoms with Gasteiger partial charge in [0.1, 0.15) is 12.4 Å². The second-order valence-corrected chi connectivity index (χ2v) is 10.5. The molecule has 0 saturated carbocycles. The largest absolute Gasteiger partial charge is 0.492 e. The van der Waals surface area contributed by atoms with E-state index in [1.54, 1.807) is 40.3 Å². The number of carbonyl (C=O) groups excluding carboxylic acids is 1. The summed E-state index contributed by atoms with van der Waals surface area (Å²) in [4.78, 5) is 12.3. The van der Waals surface area contributed by atoms with Gasteiger partial charge in [-0.15, -0.1) is 11.8 Å². The number of ether oxygens (including phenoxy) is 1. The van der Waals surface area contributed by atoms with Gasteiger partial charge in [-0.3, -0.25) is 4.79 Å². The minimum Gasteiger partial charge on any atom is -0.492 e. The fourth-order valence-electron chi connectivity index (χ4n) is 3.44. The van der Waals surface area contributed by atoms with Crippen LogP contribution in [0.2, 0.25) is 0 Å². The molecular weight excluding hydrogens is 432 g/mol. The first-order valence-corrected chi connectivity index (χ1v) is 13.2. The number of amides is 1. The number of nitrogens with zero attached hydrogens (tertiary/aromatic N) is 1. The van der Waals surface area contributed by atoms with E-state index in [1.807, 2.05) is 6.07 Å². The minimum atomic E-state index is -3.43. The van der Waals surface area contributed by atoms with Crippen molar-refractivity contribution in [3.05, 3.63) is 59.7 Å². The van der Waals surface area contributed by atoms with E-state index in [9.17, 15) is 13.2 Å². The molecule has 0 unspecified atom stereocenters. The van der Waals surface area contributed by atoms with Crippen molar-refractivity contribution in [3.8, 4) is 5.75 Å². The summed E-state index contributed by atoms with van der Waals surface area (Å²) in [5.41, 5.74) is 2.43. The van der Waals surface area contributed by atoms with Crippen LogP contribution in [-0.2, 0) is 20.6 Å². The number of hydrogen-bond donors (Lipinski definition) is 1. The van der Waals surface area contributed by atoms with Crippen molar-refractivity contribution in [3.63, 3.8) is 0 Å². The van der Waals surface area contributed by atoms with E-state index in [4.69, 9.17) is 4.74 Å². The third-order valence-electron chi connectivity index (χ3n) is 5.05. The Kier molecular flexibility index (Phi) is 8.80. The highest BCUT2D eigenvalue weighted by Gasteiger charge is 2.25. The standard InChI is InChI=1S/C23H30N2O4S2/c1-19-6-5-7-20(16-19)17-30-18-23(26)24-12-15-29-21-8-10-22(11-9-21)31(27,28)25-13-3-2-4-14-25/h5-11,16H,2-4,12-15,17-18H2,1H3,(H,24,26). The van der Waals surface area contributed by atoms with Crippen molar-refractivity contribution in [2.45, 2.75) is 36.8 Å². The maximum absolute atomic E-state index is 12.7. The van der Waals surface area contributed by atoms with Crippen LogP contribution >= 0.6 is 11.8 Å². The number of carbonyl (C=O) groups is 1. The molecule has 8 heteroatoms. The van der Waals surface area contributed by atoms with Crippen molar-refractivity contribution in [2.24, 2.45) is 0 Å². The van der Waals surface area contributed by atoms with Crippen LogP contribution in [0, 0.1) is 6.92 Å². The number of rotatable bonds is 10. The fraction of sp³-hybridized carbons (Fsp3) is 0.435. The third-order valence-corrected chi connectivity index (χ3v) is 7.97. The van der Waals surface area contributed by atoms with E-state index in [2.05, 4.69) is 30.4 Å². The van der Waals surface area contributed by atoms with Crippen molar-refractivity contribution in [2.75, 3.05) is 32.0 Å². The van der Waals surface area contributed by atoms with Crippen LogP contribution in [0.1, 0.15) is 30.4 Å². The molecular formula is C23H30N2O4S2. The van der Waals surface area contributed by atoms with Gasteiger partial charge in [0, 0.05) is 18.8 Å². The first-order valence-electron chi connectivity index (χ1n) is 10.6. The predicted molar refractivity (Wildman–Crippen MR) is 125 cm³/mol. The van der Waals surface area contributed by atoms with Crippen LogP contribution in [0.5, 0.6) is 5.75 Å². The Hall–Kier alpha value is -2.03. The second kappa shape index (κ2) is 11.5. The second-order valence-electron chi connectivity index (χ2n) is 7.62. The third kappa shape index (κ3) is 7.26. The lowest BCUT2D eigenvalue weighted by Crippen LogP contribution is -2.35. The van der Waals surface area contributed by atoms with Crippen molar-refractivity contribution in [1.29, 1.82) is 0 Å². The first-order chi connectivity index (χ1) is 14.9. The molecule has 1 aliphatic heterocycles. The molecule has 1 saturated heterocycles. The van der Waals surface area contributed by atoms with Crippen LogP contribution in [0.3, 0.4) is 0 Å². The van der Waals surface area contributed by atoms with Crippen LogP contribution in [0.25, 0.3) is 0 Å². The molecule has 1 heterocycles. The maximum Gasteiger partial charge on any atom is 0.243 e. The molecule has 0 aromatic heterocycles. The number of hydrogen-bond acceptors (Lipinski definition) is 5. The van der Waals surface area contributed by atoms with Crippen molar-refractivity contribution < 1.29 is 17.9 Å². The average molecular weight is 463 g/mol. The highest BCUT2D eigenvalue weighted by Crippen LogP contribution is 2.22. The first kappa shape index (κ1) is 23.6. The molecule has 0 spiro atoms. The van der Waals surface area contributed by atoms with Crippen molar-refractivity contribution >= 4 is 27.7 Å². The van der Waals surface area contributed by atoms with E-state index in [1.165, 1.54) is 11.1 Å². The Bertz CT molecular complexity index is 956. The number of piperidine rings is 1. The van der Waals surface area contributed by atoms with Crippen LogP contribution in [0.15, 0.2) is 53.4 Å². The molecule has 1 N–H and O–H groups in total. The van der Waals surface area contributed by atoms with Gasteiger partial charge in [-0.2, -0.15) is 4.31 Å². The van der Waals surface area contributed by atoms with E-state index >= 15 is 0 Å². The SMILES string of the molecule is Cc1cccc(CSCC(=O)NCCOc2ccc(S(=O)(=O)N3CCCCC3)cc2)c1. The molecule has 1 amide bonds. The zero-order chi connectivity index (χ0) is 22.1. The number of aryl methyl sites for hydroxylation is 1. The summed E-state index contributed by atoms with van der Waals surface area (Å²) in [5.74, 6) is 1.76. The topological polar surface area (TPSA) is 75.7 Å². The lowest BCUT2D eigenvalue weighted by Gasteiger charge is -2.25. The van der Waals surface area contributed by atoms with Gasteiger partial charge in [-0.05, 0) is 49.6 Å². The summed E-state index contributed by atoms with van der Waals surface area (Å²) in [6, 6.07) is 14.8. The zero-order valence-electron chi connectivity index (χ0n) is 17.9. The Balaban J connectivity index is 1.35. The molecule has 0 aliphatic carbocycles. The van der Waals surface area contributed by atoms with Gasteiger partial charge in [-0.25, -0.2) is 8.42 Å². The number of nitrogens with one attached hydrogen (secondary N) is 1. The molecule has 0 atom stereocenters. The van der Waals surface area contributed by atoms with Gasteiger partial charge in [0.2, 0.25) is 15.9 Å². The Labute approximate surface area is 189 Å². The Morgan fingerprint density at radius 2 is 1.84 bits per heavy atom. The molecule has 0 bridgehead atoms. The van der Waals surface area contributed by atoms with Gasteiger partial charge in [0.25, 0.3) is 0 Å². The van der Waals surface area contributed by atoms with Crippen LogP contribution in [0.4, 0.5) is 0 Å². The Morgan fingerprint density at radius 3 is 2.55 bits per heavy atom. The summed E-state index contributed by atoms with van der Waals surface area (Å²) in [6.07, 6.45) is 2.91. The van der Waals surface area contributed by atoms with Crippen molar-refractivity contribution in [1.82, 2.24) is 9.62 Å². The van der Waals surface area contributed by atoms with Crippen LogP contribution in [-0.4, -0.2) is 50.6 Å². The normalized spacial score (nSPS) is 14.9. The van der Waals surface area contributed by atoms with E-state index in [0.717, 1.165) is 25.0 Å². The molecule has 0 radical (unpaired) electrons. The quantitative estimate of drug-likeness (QED) is 0.546. The number of benzene rings is 2. The van der Waals surface area contributed by atoms with E-state index in [0.29, 0.717) is 42.6 Å². The minimum absolute atomic E-state index is 0.0239. The summed E-state index contributed by atoms with van der Waals surface area (Å²) < 4.78 is 32.5. The summed E-state index contributed by atoms with van der Waals surface area (Å²) in [5, 5.41) is 2.84. The molecule has 2 aromatic rings. The summed E-state index contributed by atoms with van der Waals surface area (Å²) in [7, 11) is -3.43. The van der Waals surface area contributed by atoms with Gasteiger partial charge in [-0.1, -0.05) is 36.2 Å². The highest BCUT2D eigenvalue weighted by atomic mass is 32.2. The number of sulfonamides is 1. The molecule has 2 aromatic carbocycles. The van der Waals surface area contributed by atoms with Gasteiger partial charge in [0.05, 0.1) is 17.2 Å². The molecule has 31 heavy (non-hydrogen) atoms. The van der Waals surface area contributed by atoms with Gasteiger partial charge in [0.15, 0.2) is 0 Å². The molecule has 1 aliphatic rings. The number of thioether (sulfide) groups is 1. The summed E-state index contributed by atoms with van der Waals surface area (Å²) in [6.45, 7) is 3.96. The van der Waals surface area contributed by atoms with Gasteiger partial charge < -0.3 is 10.1 Å². The van der Waals surface area contributed by atoms with Gasteiger partial charge >= 0.3 is 0 Å². The zero-order valence-corrected chi connectivity index (χ0v) is 19.5. The fourth-order valence-corrected chi connectivity index (χ4v) is 5.76. The lowest BCUT2D eigenvalue weighted by atomic mass is 10.2. The monoisotopic (exact) mass is 462 g/mol. The molecule has 168 valence electrons. The van der Waals surface area contributed by atoms with E-state index in [-0.39, 0.29) is 5.91 Å². The maximum atomic E-state index is 12.7. The predicted octanol–water partition coefficient (Wildman–Crippen LogP) is 3.60. The molecule has 1 fully saturated rings. The van der Waals surface area contributed by atoms with Crippen LogP contribution < -0.4 is 10.1 Å². The average Bonchev–Trinajstić information content (AvgIpc) is 2.78.